The number of allylic oxidation sites excluding steroid dienone is 5. The lowest BCUT2D eigenvalue weighted by Crippen LogP contribution is -2.46. The van der Waals surface area contributed by atoms with Crippen molar-refractivity contribution in [2.45, 2.75) is 39.7 Å². The molecule has 6 unspecified atom stereocenters. The largest absolute Gasteiger partial charge is 0.733 e. The van der Waals surface area contributed by atoms with Gasteiger partial charge >= 0.3 is 17.9 Å². The van der Waals surface area contributed by atoms with Crippen molar-refractivity contribution >= 4 is 29.3 Å². The Bertz CT molecular complexity index is 1560. The summed E-state index contributed by atoms with van der Waals surface area (Å²) in [7, 11) is 1.31. The van der Waals surface area contributed by atoms with E-state index in [1.807, 2.05) is 26.0 Å². The van der Waals surface area contributed by atoms with Gasteiger partial charge in [-0.15, -0.1) is 0 Å². The molecule has 0 radical (unpaired) electrons. The topological polar surface area (TPSA) is 172 Å². The van der Waals surface area contributed by atoms with Crippen molar-refractivity contribution in [3.05, 3.63) is 118 Å². The van der Waals surface area contributed by atoms with Crippen LogP contribution < -0.4 is 10.5 Å². The van der Waals surface area contributed by atoms with Gasteiger partial charge in [-0.2, -0.15) is 0 Å². The molecule has 0 aliphatic heterocycles. The number of fused-ring (bicyclic) bond motifs is 1. The number of carbonyl (C=O) groups is 3. The molecule has 1 fully saturated rings. The Kier molecular flexibility index (Phi) is 12.3. The molecule has 4 rings (SSSR count). The van der Waals surface area contributed by atoms with Crippen LogP contribution >= 0.6 is 0 Å². The number of ether oxygens (including phenoxy) is 3. The zero-order valence-electron chi connectivity index (χ0n) is 27.2. The second-order valence-electron chi connectivity index (χ2n) is 12.1. The summed E-state index contributed by atoms with van der Waals surface area (Å²) in [5, 5.41) is 39.8. The Morgan fingerprint density at radius 3 is 2.06 bits per heavy atom. The Hall–Kier alpha value is -4.75. The fourth-order valence-electron chi connectivity index (χ4n) is 6.78. The number of nitrogens with zero attached hydrogens (tertiary/aromatic N) is 2. The molecule has 2 aromatic carbocycles. The van der Waals surface area contributed by atoms with Gasteiger partial charge in [0.25, 0.3) is 0 Å². The third kappa shape index (κ3) is 8.78. The van der Waals surface area contributed by atoms with Gasteiger partial charge in [0.15, 0.2) is 0 Å². The summed E-state index contributed by atoms with van der Waals surface area (Å²) in [6, 6.07) is 11.0. The van der Waals surface area contributed by atoms with Gasteiger partial charge in [-0.3, -0.25) is 10.4 Å². The van der Waals surface area contributed by atoms with E-state index in [2.05, 4.69) is 19.1 Å². The Morgan fingerprint density at radius 2 is 1.50 bits per heavy atom. The first-order chi connectivity index (χ1) is 22.9. The lowest BCUT2D eigenvalue weighted by atomic mass is 9.57. The molecule has 0 spiro atoms. The van der Waals surface area contributed by atoms with Crippen LogP contribution in [0.3, 0.4) is 0 Å². The van der Waals surface area contributed by atoms with E-state index < -0.39 is 24.0 Å². The average molecular weight is 661 g/mol. The zero-order chi connectivity index (χ0) is 35.0. The molecule has 256 valence electrons. The van der Waals surface area contributed by atoms with Gasteiger partial charge in [-0.1, -0.05) is 42.4 Å². The summed E-state index contributed by atoms with van der Waals surface area (Å²) in [5.74, 6) is -1.48. The third-order valence-corrected chi connectivity index (χ3v) is 9.11. The van der Waals surface area contributed by atoms with E-state index in [4.69, 9.17) is 24.6 Å². The van der Waals surface area contributed by atoms with Crippen molar-refractivity contribution in [2.75, 3.05) is 24.2 Å². The molecule has 2 N–H and O–H groups in total. The maximum atomic E-state index is 13.2. The summed E-state index contributed by atoms with van der Waals surface area (Å²) < 4.78 is 16.3. The van der Waals surface area contributed by atoms with Gasteiger partial charge in [0.1, 0.15) is 12.7 Å². The zero-order valence-corrected chi connectivity index (χ0v) is 27.2. The molecule has 2 aliphatic rings. The van der Waals surface area contributed by atoms with Gasteiger partial charge in [-0.05, 0) is 99.0 Å². The smallest absolute Gasteiger partial charge is 0.338 e. The van der Waals surface area contributed by atoms with Crippen molar-refractivity contribution in [2.24, 2.45) is 29.6 Å². The molecule has 48 heavy (non-hydrogen) atoms. The maximum Gasteiger partial charge on any atom is 0.338 e. The SMILES string of the molecule is COC(=O)C=CC=CC1C(C(C)=CCOC(=O)c2ccc(N([O-])O)cc2)C(C)=CC2C(OC(=O)c3ccc(N([O-])O)cc3)CCC(C)C21. The first-order valence-electron chi connectivity index (χ1n) is 15.6. The summed E-state index contributed by atoms with van der Waals surface area (Å²) in [6.07, 6.45) is 12.0. The Balaban J connectivity index is 1.58. The standard InChI is InChI=1S/C36H40N2O10/c1-22-9-18-31(48-36(41)26-12-16-28(17-13-26)38(44)45)30-21-24(3)33(29(34(22)30)7-5-6-8-32(39)46-4)23(2)19-20-47-35(40)25-10-14-27(15-11-25)37(42)43/h5-8,10-17,19,21-22,29-31,33-34,42,44H,9,18,20H2,1-4H3/q-2. The molecule has 12 heteroatoms. The van der Waals surface area contributed by atoms with Gasteiger partial charge in [0.05, 0.1) is 29.6 Å². The van der Waals surface area contributed by atoms with Gasteiger partial charge in [0.2, 0.25) is 0 Å². The van der Waals surface area contributed by atoms with E-state index in [1.165, 1.54) is 61.7 Å². The lowest BCUT2D eigenvalue weighted by Gasteiger charge is -2.49. The Labute approximate surface area is 279 Å². The van der Waals surface area contributed by atoms with Crippen molar-refractivity contribution in [3.8, 4) is 0 Å². The summed E-state index contributed by atoms with van der Waals surface area (Å²) >= 11 is 0. The van der Waals surface area contributed by atoms with E-state index in [0.29, 0.717) is 6.42 Å². The predicted molar refractivity (Wildman–Crippen MR) is 178 cm³/mol. The first kappa shape index (κ1) is 36.1. The van der Waals surface area contributed by atoms with E-state index >= 15 is 0 Å². The van der Waals surface area contributed by atoms with E-state index in [9.17, 15) is 24.8 Å². The average Bonchev–Trinajstić information content (AvgIpc) is 3.07. The van der Waals surface area contributed by atoms with Crippen molar-refractivity contribution in [1.29, 1.82) is 0 Å². The van der Waals surface area contributed by atoms with Gasteiger partial charge in [0, 0.05) is 17.9 Å². The van der Waals surface area contributed by atoms with E-state index in [1.54, 1.807) is 6.08 Å². The summed E-state index contributed by atoms with van der Waals surface area (Å²) in [4.78, 5) is 37.5. The predicted octanol–water partition coefficient (Wildman–Crippen LogP) is 6.54. The molecule has 2 aromatic rings. The first-order valence-corrected chi connectivity index (χ1v) is 15.6. The van der Waals surface area contributed by atoms with Crippen LogP contribution in [0.4, 0.5) is 11.4 Å². The minimum atomic E-state index is -0.580. The van der Waals surface area contributed by atoms with Crippen molar-refractivity contribution in [3.63, 3.8) is 0 Å². The van der Waals surface area contributed by atoms with Gasteiger partial charge < -0.3 is 35.1 Å². The molecule has 0 aromatic heterocycles. The number of hydrogen-bond acceptors (Lipinski definition) is 12. The number of carbonyl (C=O) groups excluding carboxylic acids is 3. The fourth-order valence-corrected chi connectivity index (χ4v) is 6.78. The highest BCUT2D eigenvalue weighted by molar-refractivity contribution is 5.90. The number of anilines is 2. The van der Waals surface area contributed by atoms with Crippen LogP contribution in [0.25, 0.3) is 0 Å². The van der Waals surface area contributed by atoms with Crippen LogP contribution in [0.5, 0.6) is 0 Å². The van der Waals surface area contributed by atoms with E-state index in [0.717, 1.165) is 17.6 Å². The van der Waals surface area contributed by atoms with Crippen molar-refractivity contribution in [1.82, 2.24) is 0 Å². The maximum absolute atomic E-state index is 13.2. The monoisotopic (exact) mass is 660 g/mol. The number of rotatable bonds is 11. The third-order valence-electron chi connectivity index (χ3n) is 9.11. The van der Waals surface area contributed by atoms with Crippen molar-refractivity contribution < 1.29 is 39.0 Å². The second kappa shape index (κ2) is 16.4. The van der Waals surface area contributed by atoms with Crippen LogP contribution in [0.1, 0.15) is 54.3 Å². The molecule has 1 saturated carbocycles. The van der Waals surface area contributed by atoms with Crippen LogP contribution in [-0.2, 0) is 19.0 Å². The number of hydrogen-bond donors (Lipinski definition) is 2. The Morgan fingerprint density at radius 1 is 0.917 bits per heavy atom. The highest BCUT2D eigenvalue weighted by atomic mass is 16.8. The van der Waals surface area contributed by atoms with Crippen LogP contribution in [0.2, 0.25) is 0 Å². The minimum absolute atomic E-state index is 0.00219. The number of esters is 3. The number of benzene rings is 2. The lowest BCUT2D eigenvalue weighted by molar-refractivity contribution is -0.134. The van der Waals surface area contributed by atoms with Crippen LogP contribution in [0, 0.1) is 40.0 Å². The molecule has 12 nitrogen and oxygen atoms in total. The quantitative estimate of drug-likeness (QED) is 0.0666. The highest BCUT2D eigenvalue weighted by Gasteiger charge is 2.47. The van der Waals surface area contributed by atoms with Crippen LogP contribution in [0.15, 0.2) is 96.1 Å². The summed E-state index contributed by atoms with van der Waals surface area (Å²) in [6.45, 7) is 6.19. The molecule has 0 saturated heterocycles. The molecule has 0 heterocycles. The normalized spacial score (nSPS) is 24.1. The van der Waals surface area contributed by atoms with Crippen LogP contribution in [-0.4, -0.2) is 48.1 Å². The summed E-state index contributed by atoms with van der Waals surface area (Å²) in [5.41, 5.74) is 2.51. The molecule has 0 bridgehead atoms. The molecule has 0 amide bonds. The molecular formula is C36H40N2O10-2. The highest BCUT2D eigenvalue weighted by Crippen LogP contribution is 2.51. The molecular weight excluding hydrogens is 620 g/mol. The van der Waals surface area contributed by atoms with E-state index in [-0.39, 0.29) is 69.2 Å². The second-order valence-corrected chi connectivity index (χ2v) is 12.1. The fraction of sp³-hybridized carbons (Fsp3) is 0.361. The number of methoxy groups -OCH3 is 1. The molecule has 2 aliphatic carbocycles. The van der Waals surface area contributed by atoms with Gasteiger partial charge in [-0.25, -0.2) is 14.4 Å². The minimum Gasteiger partial charge on any atom is -0.733 e. The molecule has 6 atom stereocenters.